The number of aryl methyl sites for hydroxylation is 1. The van der Waals surface area contributed by atoms with Gasteiger partial charge in [0.05, 0.1) is 12.3 Å². The van der Waals surface area contributed by atoms with Crippen molar-refractivity contribution in [2.45, 2.75) is 13.1 Å². The first-order valence-corrected chi connectivity index (χ1v) is 10.7. The number of rotatable bonds is 4. The minimum Gasteiger partial charge on any atom is -0.492 e. The van der Waals surface area contributed by atoms with E-state index in [9.17, 15) is 22.8 Å². The number of ether oxygens (including phenoxy) is 1. The summed E-state index contributed by atoms with van der Waals surface area (Å²) in [5, 5.41) is 10.5. The first kappa shape index (κ1) is 25.8. The van der Waals surface area contributed by atoms with Crippen LogP contribution < -0.4 is 26.2 Å². The van der Waals surface area contributed by atoms with E-state index < -0.39 is 17.8 Å². The molecule has 3 aromatic rings. The Morgan fingerprint density at radius 2 is 1.74 bits per heavy atom. The van der Waals surface area contributed by atoms with Crippen molar-refractivity contribution < 1.29 is 27.8 Å². The van der Waals surface area contributed by atoms with E-state index in [-0.39, 0.29) is 5.56 Å². The summed E-state index contributed by atoms with van der Waals surface area (Å²) >= 11 is 0. The molecule has 190 valence electrons. The lowest BCUT2D eigenvalue weighted by Crippen LogP contribution is -2.44. The molecule has 1 fully saturated rings. The molecule has 0 atom stereocenters. The van der Waals surface area contributed by atoms with Gasteiger partial charge in [0.25, 0.3) is 5.56 Å². The molecular formula is C21H25F3N6O5. The van der Waals surface area contributed by atoms with Crippen LogP contribution in [0.2, 0.25) is 0 Å². The Bertz CT molecular complexity index is 1340. The van der Waals surface area contributed by atoms with Crippen molar-refractivity contribution in [1.29, 1.82) is 0 Å². The molecule has 0 unspecified atom stereocenters. The van der Waals surface area contributed by atoms with Gasteiger partial charge in [-0.15, -0.1) is 0 Å². The third kappa shape index (κ3) is 5.16. The number of aliphatic carboxylic acids is 1. The Kier molecular flexibility index (Phi) is 7.53. The number of piperazine rings is 1. The van der Waals surface area contributed by atoms with Gasteiger partial charge >= 0.3 is 17.8 Å². The smallest absolute Gasteiger partial charge is 0.490 e. The van der Waals surface area contributed by atoms with E-state index in [4.69, 9.17) is 19.6 Å². The maximum atomic E-state index is 13.1. The lowest BCUT2D eigenvalue weighted by molar-refractivity contribution is -0.192. The summed E-state index contributed by atoms with van der Waals surface area (Å²) < 4.78 is 41.9. The highest BCUT2D eigenvalue weighted by atomic mass is 19.4. The van der Waals surface area contributed by atoms with E-state index in [0.29, 0.717) is 29.5 Å². The molecule has 2 N–H and O–H groups in total. The Balaban J connectivity index is 0.000000429. The standard InChI is InChI=1S/C19H24N6O3.C2HF3O2/c1-4-28-14-8-6-5-7-13(14)25-15-16(22(2)19(27)23(3)17(15)26)21-18(25)24-11-9-20-10-12-24;3-2(4,5)1(6)7/h5-8,20H,4,9-12H2,1-3H3;(H,6,7). The number of anilines is 1. The minimum absolute atomic E-state index is 0.366. The summed E-state index contributed by atoms with van der Waals surface area (Å²) in [6, 6.07) is 7.57. The summed E-state index contributed by atoms with van der Waals surface area (Å²) in [5.41, 5.74) is 0.694. The molecule has 0 saturated carbocycles. The van der Waals surface area contributed by atoms with Gasteiger partial charge in [0.1, 0.15) is 5.75 Å². The summed E-state index contributed by atoms with van der Waals surface area (Å²) in [6.07, 6.45) is -5.08. The quantitative estimate of drug-likeness (QED) is 0.543. The fraction of sp³-hybridized carbons (Fsp3) is 0.429. The van der Waals surface area contributed by atoms with Crippen LogP contribution in [0.1, 0.15) is 6.92 Å². The molecule has 1 saturated heterocycles. The topological polar surface area (TPSA) is 124 Å². The number of fused-ring (bicyclic) bond motifs is 1. The molecule has 4 rings (SSSR count). The second-order valence-corrected chi connectivity index (χ2v) is 7.57. The number of nitrogens with one attached hydrogen (secondary N) is 1. The Labute approximate surface area is 197 Å². The first-order chi connectivity index (χ1) is 16.5. The van der Waals surface area contributed by atoms with E-state index in [0.717, 1.165) is 36.4 Å². The molecule has 11 nitrogen and oxygen atoms in total. The number of para-hydroxylation sites is 2. The molecule has 1 aliphatic heterocycles. The van der Waals surface area contributed by atoms with Crippen LogP contribution in [0.15, 0.2) is 33.9 Å². The molecule has 0 bridgehead atoms. The second kappa shape index (κ2) is 10.2. The number of hydrogen-bond donors (Lipinski definition) is 2. The molecular weight excluding hydrogens is 473 g/mol. The lowest BCUT2D eigenvalue weighted by Gasteiger charge is -2.29. The zero-order valence-electron chi connectivity index (χ0n) is 19.3. The fourth-order valence-corrected chi connectivity index (χ4v) is 3.61. The normalized spacial score (nSPS) is 13.9. The average Bonchev–Trinajstić information content (AvgIpc) is 3.23. The first-order valence-electron chi connectivity index (χ1n) is 10.7. The molecule has 35 heavy (non-hydrogen) atoms. The Morgan fingerprint density at radius 1 is 1.14 bits per heavy atom. The van der Waals surface area contributed by atoms with Gasteiger partial charge in [-0.05, 0) is 19.1 Å². The van der Waals surface area contributed by atoms with Crippen LogP contribution in [0.3, 0.4) is 0 Å². The summed E-state index contributed by atoms with van der Waals surface area (Å²) in [7, 11) is 3.12. The highest BCUT2D eigenvalue weighted by molar-refractivity contribution is 5.79. The van der Waals surface area contributed by atoms with Crippen LogP contribution in [0.5, 0.6) is 5.75 Å². The lowest BCUT2D eigenvalue weighted by atomic mass is 10.2. The van der Waals surface area contributed by atoms with E-state index in [1.165, 1.54) is 11.6 Å². The summed E-state index contributed by atoms with van der Waals surface area (Å²) in [4.78, 5) is 41.3. The molecule has 0 aliphatic carbocycles. The zero-order chi connectivity index (χ0) is 25.9. The van der Waals surface area contributed by atoms with Gasteiger partial charge < -0.3 is 20.1 Å². The monoisotopic (exact) mass is 498 g/mol. The average molecular weight is 498 g/mol. The Hall–Kier alpha value is -3.81. The second-order valence-electron chi connectivity index (χ2n) is 7.57. The van der Waals surface area contributed by atoms with Crippen LogP contribution in [0.4, 0.5) is 19.1 Å². The van der Waals surface area contributed by atoms with Gasteiger partial charge in [0, 0.05) is 40.3 Å². The van der Waals surface area contributed by atoms with Gasteiger partial charge in [-0.2, -0.15) is 18.2 Å². The highest BCUT2D eigenvalue weighted by Gasteiger charge is 2.38. The van der Waals surface area contributed by atoms with Crippen LogP contribution in [-0.4, -0.2) is 68.7 Å². The molecule has 1 aliphatic rings. The number of carboxylic acid groups (broad SMARTS) is 1. The summed E-state index contributed by atoms with van der Waals surface area (Å²) in [5.74, 6) is -1.45. The highest BCUT2D eigenvalue weighted by Crippen LogP contribution is 2.31. The number of aromatic nitrogens is 4. The van der Waals surface area contributed by atoms with Crippen molar-refractivity contribution in [3.8, 4) is 11.4 Å². The third-order valence-corrected chi connectivity index (χ3v) is 5.29. The van der Waals surface area contributed by atoms with Crippen molar-refractivity contribution in [3.05, 3.63) is 45.1 Å². The van der Waals surface area contributed by atoms with Crippen molar-refractivity contribution in [2.75, 3.05) is 37.7 Å². The van der Waals surface area contributed by atoms with Gasteiger partial charge in [0.2, 0.25) is 5.95 Å². The number of hydrogen-bond acceptors (Lipinski definition) is 7. The fourth-order valence-electron chi connectivity index (χ4n) is 3.61. The minimum atomic E-state index is -5.08. The van der Waals surface area contributed by atoms with E-state index in [1.807, 2.05) is 35.8 Å². The van der Waals surface area contributed by atoms with Crippen molar-refractivity contribution in [1.82, 2.24) is 24.0 Å². The van der Waals surface area contributed by atoms with E-state index >= 15 is 0 Å². The third-order valence-electron chi connectivity index (χ3n) is 5.29. The van der Waals surface area contributed by atoms with E-state index in [2.05, 4.69) is 10.2 Å². The van der Waals surface area contributed by atoms with Crippen molar-refractivity contribution in [3.63, 3.8) is 0 Å². The number of imidazole rings is 1. The van der Waals surface area contributed by atoms with Gasteiger partial charge in [-0.3, -0.25) is 18.5 Å². The Morgan fingerprint density at radius 3 is 2.31 bits per heavy atom. The van der Waals surface area contributed by atoms with E-state index in [1.54, 1.807) is 7.05 Å². The molecule has 3 heterocycles. The molecule has 1 aromatic carbocycles. The molecule has 14 heteroatoms. The molecule has 0 amide bonds. The van der Waals surface area contributed by atoms with Crippen LogP contribution in [0, 0.1) is 0 Å². The zero-order valence-corrected chi connectivity index (χ0v) is 19.3. The maximum Gasteiger partial charge on any atom is 0.490 e. The van der Waals surface area contributed by atoms with Gasteiger partial charge in [-0.25, -0.2) is 9.59 Å². The molecule has 0 spiro atoms. The largest absolute Gasteiger partial charge is 0.492 e. The van der Waals surface area contributed by atoms with Crippen LogP contribution in [0.25, 0.3) is 16.9 Å². The number of halogens is 3. The van der Waals surface area contributed by atoms with Crippen LogP contribution >= 0.6 is 0 Å². The van der Waals surface area contributed by atoms with Gasteiger partial charge in [0.15, 0.2) is 11.2 Å². The molecule has 0 radical (unpaired) electrons. The van der Waals surface area contributed by atoms with Crippen LogP contribution in [-0.2, 0) is 18.9 Å². The number of alkyl halides is 3. The molecule has 2 aromatic heterocycles. The maximum absolute atomic E-state index is 13.1. The SMILES string of the molecule is CCOc1ccccc1-n1c(N2CCNCC2)nc2c1c(=O)n(C)c(=O)n2C.O=C(O)C(F)(F)F. The number of carboxylic acids is 1. The summed E-state index contributed by atoms with van der Waals surface area (Å²) in [6.45, 7) is 5.59. The van der Waals surface area contributed by atoms with Crippen molar-refractivity contribution >= 4 is 23.1 Å². The number of carbonyl (C=O) groups is 1. The predicted molar refractivity (Wildman–Crippen MR) is 121 cm³/mol. The number of nitrogens with zero attached hydrogens (tertiary/aromatic N) is 5. The van der Waals surface area contributed by atoms with Gasteiger partial charge in [-0.1, -0.05) is 12.1 Å². The number of benzene rings is 1. The van der Waals surface area contributed by atoms with Crippen molar-refractivity contribution in [2.24, 2.45) is 14.1 Å². The predicted octanol–water partition coefficient (Wildman–Crippen LogP) is 0.864.